The summed E-state index contributed by atoms with van der Waals surface area (Å²) >= 11 is 0. The first-order valence-corrected chi connectivity index (χ1v) is 3.78. The van der Waals surface area contributed by atoms with Crippen molar-refractivity contribution in [3.63, 3.8) is 0 Å². The number of nitrogens with one attached hydrogen (secondary N) is 1. The minimum Gasteiger partial charge on any atom is -0.459 e. The molecule has 2 rings (SSSR count). The number of hydrogen-bond acceptors (Lipinski definition) is 3. The van der Waals surface area contributed by atoms with E-state index in [-0.39, 0.29) is 11.9 Å². The fourth-order valence-electron chi connectivity index (χ4n) is 0.983. The second kappa shape index (κ2) is 2.98. The molecule has 1 aliphatic rings. The normalized spacial score (nSPS) is 17.0. The third-order valence-corrected chi connectivity index (χ3v) is 1.72. The molecule has 12 heavy (non-hydrogen) atoms. The molecule has 1 amide bonds. The van der Waals surface area contributed by atoms with Crippen LogP contribution in [0.2, 0.25) is 0 Å². The highest BCUT2D eigenvalue weighted by Crippen LogP contribution is 2.03. The molecule has 2 heterocycles. The first-order chi connectivity index (χ1) is 5.86. The van der Waals surface area contributed by atoms with Gasteiger partial charge in [0, 0.05) is 0 Å². The zero-order valence-electron chi connectivity index (χ0n) is 6.45. The highest BCUT2D eigenvalue weighted by Gasteiger charge is 2.21. The van der Waals surface area contributed by atoms with Gasteiger partial charge in [-0.2, -0.15) is 0 Å². The van der Waals surface area contributed by atoms with Crippen LogP contribution in [0.4, 0.5) is 0 Å². The van der Waals surface area contributed by atoms with Gasteiger partial charge in [0.15, 0.2) is 5.76 Å². The number of hydrogen-bond donors (Lipinski definition) is 1. The first kappa shape index (κ1) is 7.36. The summed E-state index contributed by atoms with van der Waals surface area (Å²) in [5, 5.41) is 2.76. The first-order valence-electron chi connectivity index (χ1n) is 3.78. The molecule has 1 N–H and O–H groups in total. The van der Waals surface area contributed by atoms with Crippen molar-refractivity contribution in [2.45, 2.75) is 6.04 Å². The average Bonchev–Trinajstić information content (AvgIpc) is 2.47. The van der Waals surface area contributed by atoms with Crippen LogP contribution >= 0.6 is 0 Å². The molecule has 0 radical (unpaired) electrons. The van der Waals surface area contributed by atoms with Crippen molar-refractivity contribution in [1.82, 2.24) is 5.32 Å². The maximum atomic E-state index is 11.2. The molecule has 0 saturated carbocycles. The van der Waals surface area contributed by atoms with E-state index >= 15 is 0 Å². The van der Waals surface area contributed by atoms with E-state index in [0.717, 1.165) is 0 Å². The van der Waals surface area contributed by atoms with Crippen LogP contribution in [-0.4, -0.2) is 25.2 Å². The maximum Gasteiger partial charge on any atom is 0.287 e. The van der Waals surface area contributed by atoms with E-state index in [1.54, 1.807) is 12.1 Å². The van der Waals surface area contributed by atoms with E-state index in [4.69, 9.17) is 9.15 Å². The summed E-state index contributed by atoms with van der Waals surface area (Å²) in [6, 6.07) is 3.48. The van der Waals surface area contributed by atoms with Crippen molar-refractivity contribution in [3.05, 3.63) is 24.2 Å². The molecular formula is C8H9NO3. The van der Waals surface area contributed by atoms with E-state index < -0.39 is 0 Å². The lowest BCUT2D eigenvalue weighted by molar-refractivity contribution is -0.00389. The number of carbonyl (C=O) groups is 1. The summed E-state index contributed by atoms with van der Waals surface area (Å²) in [7, 11) is 0. The predicted octanol–water partition coefficient (Wildman–Crippen LogP) is 0.408. The van der Waals surface area contributed by atoms with Crippen molar-refractivity contribution >= 4 is 5.91 Å². The molecule has 1 fully saturated rings. The molecule has 1 aromatic rings. The Morgan fingerprint density at radius 1 is 1.58 bits per heavy atom. The molecule has 0 aromatic carbocycles. The summed E-state index contributed by atoms with van der Waals surface area (Å²) in [4.78, 5) is 11.2. The smallest absolute Gasteiger partial charge is 0.287 e. The number of furan rings is 1. The lowest BCUT2D eigenvalue weighted by Gasteiger charge is -2.26. The van der Waals surface area contributed by atoms with Gasteiger partial charge in [0.05, 0.1) is 25.5 Å². The van der Waals surface area contributed by atoms with Crippen molar-refractivity contribution in [2.24, 2.45) is 0 Å². The second-order valence-electron chi connectivity index (χ2n) is 2.69. The minimum atomic E-state index is -0.173. The van der Waals surface area contributed by atoms with Crippen LogP contribution in [0, 0.1) is 0 Å². The molecule has 4 heteroatoms. The molecule has 0 bridgehead atoms. The summed E-state index contributed by atoms with van der Waals surface area (Å²) in [6.45, 7) is 1.21. The minimum absolute atomic E-state index is 0.155. The standard InChI is InChI=1S/C8H9NO3/c10-8(7-2-1-3-12-7)9-6-4-11-5-6/h1-3,6H,4-5H2,(H,9,10). The molecular weight excluding hydrogens is 158 g/mol. The molecule has 0 aliphatic carbocycles. The number of carbonyl (C=O) groups excluding carboxylic acids is 1. The lowest BCUT2D eigenvalue weighted by Crippen LogP contribution is -2.48. The molecule has 1 aromatic heterocycles. The topological polar surface area (TPSA) is 51.5 Å². The van der Waals surface area contributed by atoms with Gasteiger partial charge in [0.2, 0.25) is 0 Å². The fourth-order valence-corrected chi connectivity index (χ4v) is 0.983. The maximum absolute atomic E-state index is 11.2. The largest absolute Gasteiger partial charge is 0.459 e. The Kier molecular flexibility index (Phi) is 1.83. The van der Waals surface area contributed by atoms with E-state index in [0.29, 0.717) is 19.0 Å². The molecule has 1 aliphatic heterocycles. The van der Waals surface area contributed by atoms with Gasteiger partial charge in [-0.15, -0.1) is 0 Å². The SMILES string of the molecule is O=C(NC1COC1)c1ccco1. The third-order valence-electron chi connectivity index (χ3n) is 1.72. The van der Waals surface area contributed by atoms with Gasteiger partial charge < -0.3 is 14.5 Å². The highest BCUT2D eigenvalue weighted by molar-refractivity contribution is 5.91. The molecule has 0 atom stereocenters. The monoisotopic (exact) mass is 167 g/mol. The fraction of sp³-hybridized carbons (Fsp3) is 0.375. The quantitative estimate of drug-likeness (QED) is 0.694. The summed E-state index contributed by atoms with van der Waals surface area (Å²) in [5.74, 6) is 0.176. The van der Waals surface area contributed by atoms with Crippen LogP contribution in [0.25, 0.3) is 0 Å². The van der Waals surface area contributed by atoms with E-state index in [1.807, 2.05) is 0 Å². The predicted molar refractivity (Wildman–Crippen MR) is 40.8 cm³/mol. The number of ether oxygens (including phenoxy) is 1. The number of amides is 1. The molecule has 64 valence electrons. The van der Waals surface area contributed by atoms with Gasteiger partial charge in [0.1, 0.15) is 0 Å². The van der Waals surface area contributed by atoms with Crippen LogP contribution in [0.1, 0.15) is 10.6 Å². The average molecular weight is 167 g/mol. The Hall–Kier alpha value is -1.29. The van der Waals surface area contributed by atoms with Crippen LogP contribution < -0.4 is 5.32 Å². The zero-order valence-corrected chi connectivity index (χ0v) is 6.45. The van der Waals surface area contributed by atoms with Gasteiger partial charge in [-0.25, -0.2) is 0 Å². The summed E-state index contributed by atoms with van der Waals surface area (Å²) in [5.41, 5.74) is 0. The Morgan fingerprint density at radius 3 is 2.92 bits per heavy atom. The van der Waals surface area contributed by atoms with Crippen molar-refractivity contribution < 1.29 is 13.9 Å². The van der Waals surface area contributed by atoms with Gasteiger partial charge in [-0.3, -0.25) is 4.79 Å². The molecule has 1 saturated heterocycles. The Balaban J connectivity index is 1.92. The Bertz CT molecular complexity index is 264. The van der Waals surface area contributed by atoms with Crippen LogP contribution in [0.3, 0.4) is 0 Å². The lowest BCUT2D eigenvalue weighted by atomic mass is 10.2. The van der Waals surface area contributed by atoms with Gasteiger partial charge >= 0.3 is 0 Å². The molecule has 0 spiro atoms. The van der Waals surface area contributed by atoms with Gasteiger partial charge in [0.25, 0.3) is 5.91 Å². The van der Waals surface area contributed by atoms with Gasteiger partial charge in [-0.05, 0) is 12.1 Å². The van der Waals surface area contributed by atoms with Crippen LogP contribution in [-0.2, 0) is 4.74 Å². The van der Waals surface area contributed by atoms with Crippen molar-refractivity contribution in [2.75, 3.05) is 13.2 Å². The Labute approximate surface area is 69.5 Å². The van der Waals surface area contributed by atoms with E-state index in [1.165, 1.54) is 6.26 Å². The Morgan fingerprint density at radius 2 is 2.42 bits per heavy atom. The second-order valence-corrected chi connectivity index (χ2v) is 2.69. The zero-order chi connectivity index (χ0) is 8.39. The summed E-state index contributed by atoms with van der Waals surface area (Å²) in [6.07, 6.45) is 1.48. The van der Waals surface area contributed by atoms with E-state index in [9.17, 15) is 4.79 Å². The van der Waals surface area contributed by atoms with Crippen LogP contribution in [0.15, 0.2) is 22.8 Å². The molecule has 4 nitrogen and oxygen atoms in total. The third kappa shape index (κ3) is 1.33. The number of rotatable bonds is 2. The highest BCUT2D eigenvalue weighted by atomic mass is 16.5. The van der Waals surface area contributed by atoms with Gasteiger partial charge in [-0.1, -0.05) is 0 Å². The van der Waals surface area contributed by atoms with Crippen molar-refractivity contribution in [1.29, 1.82) is 0 Å². The van der Waals surface area contributed by atoms with Crippen LogP contribution in [0.5, 0.6) is 0 Å². The van der Waals surface area contributed by atoms with Crippen molar-refractivity contribution in [3.8, 4) is 0 Å². The van der Waals surface area contributed by atoms with E-state index in [2.05, 4.69) is 5.32 Å². The molecule has 0 unspecified atom stereocenters. The summed E-state index contributed by atoms with van der Waals surface area (Å²) < 4.78 is 9.82.